The molecule has 0 aromatic rings. The van der Waals surface area contributed by atoms with Crippen molar-refractivity contribution in [3.63, 3.8) is 0 Å². The van der Waals surface area contributed by atoms with Crippen LogP contribution in [0.25, 0.3) is 0 Å². The summed E-state index contributed by atoms with van der Waals surface area (Å²) in [6.07, 6.45) is 0. The van der Waals surface area contributed by atoms with Gasteiger partial charge in [0.2, 0.25) is 0 Å². The van der Waals surface area contributed by atoms with Crippen LogP contribution in [0.3, 0.4) is 0 Å². The van der Waals surface area contributed by atoms with Crippen LogP contribution in [0.1, 0.15) is 20.8 Å². The van der Waals surface area contributed by atoms with E-state index in [0.717, 1.165) is 0 Å². The van der Waals surface area contributed by atoms with Gasteiger partial charge in [0, 0.05) is 5.57 Å². The van der Waals surface area contributed by atoms with Gasteiger partial charge in [-0.15, -0.1) is 0 Å². The van der Waals surface area contributed by atoms with Crippen LogP contribution in [-0.4, -0.2) is 16.9 Å². The highest BCUT2D eigenvalue weighted by atomic mass is 16.4. The van der Waals surface area contributed by atoms with Crippen molar-refractivity contribution < 1.29 is 14.7 Å². The molecule has 3 nitrogen and oxygen atoms in total. The fourth-order valence-corrected chi connectivity index (χ4v) is 0. The Hall–Kier alpha value is -1.12. The highest BCUT2D eigenvalue weighted by Gasteiger charge is 1.90. The molecule has 0 amide bonds. The van der Waals surface area contributed by atoms with E-state index in [1.807, 2.05) is 0 Å². The molecule has 0 aromatic heterocycles. The number of carboxylic acid groups (broad SMARTS) is 1. The molecule has 0 rings (SSSR count). The van der Waals surface area contributed by atoms with Gasteiger partial charge in [-0.25, -0.2) is 4.79 Å². The van der Waals surface area contributed by atoms with Gasteiger partial charge in [-0.1, -0.05) is 6.58 Å². The fourth-order valence-electron chi connectivity index (χ4n) is 0. The molecule has 0 aromatic carbocycles. The van der Waals surface area contributed by atoms with Gasteiger partial charge in [0.25, 0.3) is 0 Å². The maximum absolute atomic E-state index is 9.60. The molecule has 0 radical (unpaired) electrons. The Balaban J connectivity index is 0. The minimum absolute atomic E-state index is 0.167. The van der Waals surface area contributed by atoms with Crippen molar-refractivity contribution in [3.8, 4) is 0 Å². The van der Waals surface area contributed by atoms with E-state index in [-0.39, 0.29) is 11.4 Å². The molecule has 3 heteroatoms. The molecule has 1 N–H and O–H groups in total. The average Bonchev–Trinajstić information content (AvgIpc) is 1.63. The van der Waals surface area contributed by atoms with Crippen molar-refractivity contribution in [2.75, 3.05) is 0 Å². The van der Waals surface area contributed by atoms with Gasteiger partial charge in [-0.2, -0.15) is 0 Å². The molecule has 0 saturated carbocycles. The van der Waals surface area contributed by atoms with Crippen LogP contribution in [-0.2, 0) is 9.59 Å². The summed E-state index contributed by atoms with van der Waals surface area (Å²) in [4.78, 5) is 19.0. The minimum Gasteiger partial charge on any atom is -0.478 e. The number of carbonyl (C=O) groups is 2. The predicted molar refractivity (Wildman–Crippen MR) is 38.8 cm³/mol. The van der Waals surface area contributed by atoms with Crippen LogP contribution in [0, 0.1) is 0 Å². The molecular weight excluding hydrogens is 132 g/mol. The van der Waals surface area contributed by atoms with E-state index in [9.17, 15) is 9.59 Å². The van der Waals surface area contributed by atoms with E-state index >= 15 is 0 Å². The lowest BCUT2D eigenvalue weighted by atomic mass is 10.4. The molecule has 0 fully saturated rings. The average molecular weight is 144 g/mol. The number of aliphatic carboxylic acids is 1. The maximum atomic E-state index is 9.60. The second-order valence-electron chi connectivity index (χ2n) is 1.99. The third-order valence-electron chi connectivity index (χ3n) is 0.365. The summed E-state index contributed by atoms with van der Waals surface area (Å²) in [6, 6.07) is 0. The van der Waals surface area contributed by atoms with Crippen LogP contribution >= 0.6 is 0 Å². The van der Waals surface area contributed by atoms with Crippen LogP contribution in [0.5, 0.6) is 0 Å². The van der Waals surface area contributed by atoms with Crippen molar-refractivity contribution in [3.05, 3.63) is 12.2 Å². The van der Waals surface area contributed by atoms with Crippen molar-refractivity contribution in [1.82, 2.24) is 0 Å². The lowest BCUT2D eigenvalue weighted by Gasteiger charge is -1.79. The Morgan fingerprint density at radius 3 is 1.30 bits per heavy atom. The lowest BCUT2D eigenvalue weighted by molar-refractivity contribution is -0.132. The molecule has 0 saturated heterocycles. The first-order valence-electron chi connectivity index (χ1n) is 2.74. The third kappa shape index (κ3) is 28.7. The van der Waals surface area contributed by atoms with Crippen molar-refractivity contribution in [2.45, 2.75) is 20.8 Å². The zero-order chi connectivity index (χ0) is 8.73. The Morgan fingerprint density at radius 2 is 1.30 bits per heavy atom. The van der Waals surface area contributed by atoms with E-state index in [1.54, 1.807) is 0 Å². The maximum Gasteiger partial charge on any atom is 0.330 e. The summed E-state index contributed by atoms with van der Waals surface area (Å²) in [5.74, 6) is -0.769. The number of carboxylic acids is 1. The number of rotatable bonds is 1. The molecular formula is C7H12O3. The Kier molecular flexibility index (Phi) is 7.00. The second kappa shape index (κ2) is 6.01. The SMILES string of the molecule is C=C(C)C(=O)O.CC(C)=O. The summed E-state index contributed by atoms with van der Waals surface area (Å²) < 4.78 is 0. The van der Waals surface area contributed by atoms with Crippen LogP contribution < -0.4 is 0 Å². The molecule has 10 heavy (non-hydrogen) atoms. The quantitative estimate of drug-likeness (QED) is 0.563. The molecule has 0 atom stereocenters. The first kappa shape index (κ1) is 11.6. The molecule has 0 unspecified atom stereocenters. The number of carbonyl (C=O) groups excluding carboxylic acids is 1. The molecule has 0 heterocycles. The van der Waals surface area contributed by atoms with E-state index in [2.05, 4.69) is 6.58 Å². The minimum atomic E-state index is -0.935. The number of hydrogen-bond acceptors (Lipinski definition) is 2. The Bertz CT molecular complexity index is 131. The second-order valence-corrected chi connectivity index (χ2v) is 1.99. The van der Waals surface area contributed by atoms with Crippen molar-refractivity contribution in [2.24, 2.45) is 0 Å². The summed E-state index contributed by atoms with van der Waals surface area (Å²) in [5, 5.41) is 7.89. The smallest absolute Gasteiger partial charge is 0.330 e. The topological polar surface area (TPSA) is 54.4 Å². The molecule has 0 aliphatic rings. The van der Waals surface area contributed by atoms with E-state index in [1.165, 1.54) is 20.8 Å². The van der Waals surface area contributed by atoms with Gasteiger partial charge in [0.05, 0.1) is 0 Å². The molecule has 0 spiro atoms. The predicted octanol–water partition coefficient (Wildman–Crippen LogP) is 1.24. The third-order valence-corrected chi connectivity index (χ3v) is 0.365. The van der Waals surface area contributed by atoms with Gasteiger partial charge in [0.1, 0.15) is 5.78 Å². The first-order chi connectivity index (χ1) is 4.37. The Labute approximate surface area is 60.4 Å². The highest BCUT2D eigenvalue weighted by molar-refractivity contribution is 5.84. The van der Waals surface area contributed by atoms with Crippen molar-refractivity contribution in [1.29, 1.82) is 0 Å². The van der Waals surface area contributed by atoms with E-state index in [0.29, 0.717) is 0 Å². The van der Waals surface area contributed by atoms with Crippen LogP contribution in [0.2, 0.25) is 0 Å². The van der Waals surface area contributed by atoms with E-state index < -0.39 is 5.97 Å². The highest BCUT2D eigenvalue weighted by Crippen LogP contribution is 1.81. The summed E-state index contributed by atoms with van der Waals surface area (Å²) in [7, 11) is 0. The lowest BCUT2D eigenvalue weighted by Crippen LogP contribution is -1.92. The molecule has 0 aliphatic heterocycles. The van der Waals surface area contributed by atoms with Crippen molar-refractivity contribution >= 4 is 11.8 Å². The Morgan fingerprint density at radius 1 is 1.20 bits per heavy atom. The monoisotopic (exact) mass is 144 g/mol. The van der Waals surface area contributed by atoms with Gasteiger partial charge in [-0.3, -0.25) is 0 Å². The summed E-state index contributed by atoms with van der Waals surface area (Å²) in [5.41, 5.74) is 0.176. The van der Waals surface area contributed by atoms with Gasteiger partial charge in [0.15, 0.2) is 0 Å². The fraction of sp³-hybridized carbons (Fsp3) is 0.429. The standard InChI is InChI=1S/C4H6O2.C3H6O/c1-3(2)4(5)6;1-3(2)4/h1H2,2H3,(H,5,6);1-2H3. The van der Waals surface area contributed by atoms with Crippen LogP contribution in [0.15, 0.2) is 12.2 Å². The first-order valence-corrected chi connectivity index (χ1v) is 2.74. The molecule has 0 bridgehead atoms. The zero-order valence-electron chi connectivity index (χ0n) is 6.47. The molecule has 58 valence electrons. The normalized spacial score (nSPS) is 7.10. The number of hydrogen-bond donors (Lipinski definition) is 1. The van der Waals surface area contributed by atoms with Crippen LogP contribution in [0.4, 0.5) is 0 Å². The van der Waals surface area contributed by atoms with E-state index in [4.69, 9.17) is 5.11 Å². The van der Waals surface area contributed by atoms with Gasteiger partial charge in [-0.05, 0) is 20.8 Å². The summed E-state index contributed by atoms with van der Waals surface area (Å²) in [6.45, 7) is 7.66. The zero-order valence-corrected chi connectivity index (χ0v) is 6.47. The van der Waals surface area contributed by atoms with Gasteiger partial charge < -0.3 is 9.90 Å². The molecule has 0 aliphatic carbocycles. The van der Waals surface area contributed by atoms with Gasteiger partial charge >= 0.3 is 5.97 Å². The number of Topliss-reactive ketones (excluding diaryl/α,β-unsaturated/α-hetero) is 1. The number of ketones is 1. The largest absolute Gasteiger partial charge is 0.478 e. The summed E-state index contributed by atoms with van der Waals surface area (Å²) >= 11 is 0.